The molecule has 0 radical (unpaired) electrons. The fraction of sp³-hybridized carbons (Fsp3) is 0.500. The molecule has 0 N–H and O–H groups in total. The van der Waals surface area contributed by atoms with Crippen LogP contribution in [-0.2, 0) is 16.8 Å². The van der Waals surface area contributed by atoms with Gasteiger partial charge in [0.1, 0.15) is 0 Å². The quantitative estimate of drug-likeness (QED) is 0.836. The third kappa shape index (κ3) is 2.47. The number of hydrogen-bond acceptors (Lipinski definition) is 4. The Morgan fingerprint density at radius 2 is 2.05 bits per heavy atom. The van der Waals surface area contributed by atoms with Crippen molar-refractivity contribution in [3.8, 4) is 0 Å². The molecule has 1 aromatic heterocycles. The fourth-order valence-corrected chi connectivity index (χ4v) is 4.23. The van der Waals surface area contributed by atoms with Crippen molar-refractivity contribution in [2.24, 2.45) is 0 Å². The molecule has 1 aromatic carbocycles. The Morgan fingerprint density at radius 1 is 1.32 bits per heavy atom. The zero-order chi connectivity index (χ0) is 15.9. The molecular weight excluding hydrogens is 306 g/mol. The minimum absolute atomic E-state index is 0.230. The van der Waals surface area contributed by atoms with Crippen LogP contribution in [-0.4, -0.2) is 48.3 Å². The fourth-order valence-electron chi connectivity index (χ4n) is 2.90. The maximum atomic E-state index is 12.4. The molecular formula is C14H19N3O4S. The average molecular weight is 325 g/mol. The minimum Gasteiger partial charge on any atom is -0.408 e. The Kier molecular flexibility index (Phi) is 3.84. The summed E-state index contributed by atoms with van der Waals surface area (Å²) in [6.07, 6.45) is 1.53. The normalized spacial score (nSPS) is 20.2. The van der Waals surface area contributed by atoms with E-state index < -0.39 is 16.0 Å². The van der Waals surface area contributed by atoms with Gasteiger partial charge in [-0.05, 0) is 25.0 Å². The van der Waals surface area contributed by atoms with E-state index in [4.69, 9.17) is 4.42 Å². The molecule has 0 saturated carbocycles. The number of oxazole rings is 1. The number of aromatic nitrogens is 1. The summed E-state index contributed by atoms with van der Waals surface area (Å²) in [5.41, 5.74) is 1.22. The number of nitrogens with zero attached hydrogens (tertiary/aromatic N) is 3. The molecule has 1 saturated heterocycles. The van der Waals surface area contributed by atoms with Crippen molar-refractivity contribution in [2.75, 3.05) is 20.6 Å². The maximum absolute atomic E-state index is 12.4. The Hall–Kier alpha value is -1.64. The molecule has 2 heterocycles. The lowest BCUT2D eigenvalue weighted by atomic mass is 10.2. The molecule has 120 valence electrons. The van der Waals surface area contributed by atoms with Crippen molar-refractivity contribution in [3.63, 3.8) is 0 Å². The van der Waals surface area contributed by atoms with Crippen LogP contribution in [0.25, 0.3) is 11.1 Å². The van der Waals surface area contributed by atoms with Crippen LogP contribution in [0, 0.1) is 0 Å². The first kappa shape index (κ1) is 15.3. The van der Waals surface area contributed by atoms with Gasteiger partial charge in [0.15, 0.2) is 5.58 Å². The average Bonchev–Trinajstić information content (AvgIpc) is 3.05. The molecule has 22 heavy (non-hydrogen) atoms. The Morgan fingerprint density at radius 3 is 2.77 bits per heavy atom. The first-order chi connectivity index (χ1) is 10.4. The molecule has 0 unspecified atom stereocenters. The highest BCUT2D eigenvalue weighted by Crippen LogP contribution is 2.24. The lowest BCUT2D eigenvalue weighted by Gasteiger charge is -2.26. The van der Waals surface area contributed by atoms with Crippen LogP contribution in [0.5, 0.6) is 0 Å². The lowest BCUT2D eigenvalue weighted by Crippen LogP contribution is -2.44. The lowest BCUT2D eigenvalue weighted by molar-refractivity contribution is 0.323. The van der Waals surface area contributed by atoms with Crippen molar-refractivity contribution in [3.05, 3.63) is 34.8 Å². The van der Waals surface area contributed by atoms with E-state index in [1.54, 1.807) is 18.2 Å². The van der Waals surface area contributed by atoms with Gasteiger partial charge in [-0.2, -0.15) is 17.0 Å². The van der Waals surface area contributed by atoms with Crippen LogP contribution in [0.15, 0.2) is 33.5 Å². The first-order valence-electron chi connectivity index (χ1n) is 7.19. The molecule has 0 amide bonds. The highest BCUT2D eigenvalue weighted by molar-refractivity contribution is 7.86. The standard InChI is InChI=1S/C14H19N3O4S/c1-15(2)22(19,20)17-9-5-6-11(17)10-16-12-7-3-4-8-13(12)21-14(16)18/h3-4,7-8,11H,5-6,9-10H2,1-2H3/t11-/m1/s1. The largest absolute Gasteiger partial charge is 0.420 e. The van der Waals surface area contributed by atoms with Crippen LogP contribution >= 0.6 is 0 Å². The molecule has 1 aliphatic rings. The van der Waals surface area contributed by atoms with Gasteiger partial charge in [-0.3, -0.25) is 4.57 Å². The summed E-state index contributed by atoms with van der Waals surface area (Å²) in [6, 6.07) is 6.94. The molecule has 0 bridgehead atoms. The summed E-state index contributed by atoms with van der Waals surface area (Å²) in [7, 11) is -0.438. The van der Waals surface area contributed by atoms with Crippen molar-refractivity contribution in [1.82, 2.24) is 13.2 Å². The third-order valence-corrected chi connectivity index (χ3v) is 6.04. The number of para-hydroxylation sites is 2. The van der Waals surface area contributed by atoms with Crippen LogP contribution < -0.4 is 5.76 Å². The summed E-state index contributed by atoms with van der Waals surface area (Å²) in [4.78, 5) is 12.0. The van der Waals surface area contributed by atoms with Gasteiger partial charge < -0.3 is 4.42 Å². The van der Waals surface area contributed by atoms with Crippen LogP contribution in [0.2, 0.25) is 0 Å². The molecule has 2 aromatic rings. The van der Waals surface area contributed by atoms with E-state index in [-0.39, 0.29) is 6.04 Å². The summed E-state index contributed by atoms with van der Waals surface area (Å²) < 4.78 is 34.1. The zero-order valence-electron chi connectivity index (χ0n) is 12.6. The van der Waals surface area contributed by atoms with Crippen molar-refractivity contribution in [1.29, 1.82) is 0 Å². The summed E-state index contributed by atoms with van der Waals surface area (Å²) in [5.74, 6) is -0.449. The van der Waals surface area contributed by atoms with Crippen molar-refractivity contribution >= 4 is 21.3 Å². The molecule has 7 nitrogen and oxygen atoms in total. The minimum atomic E-state index is -3.47. The topological polar surface area (TPSA) is 75.8 Å². The number of hydrogen-bond donors (Lipinski definition) is 0. The first-order valence-corrected chi connectivity index (χ1v) is 8.58. The second-order valence-electron chi connectivity index (χ2n) is 5.64. The molecule has 0 spiro atoms. The Balaban J connectivity index is 1.95. The SMILES string of the molecule is CN(C)S(=O)(=O)N1CCC[C@@H]1Cn1c(=O)oc2ccccc21. The monoisotopic (exact) mass is 325 g/mol. The number of benzene rings is 1. The Labute approximate surface area is 128 Å². The summed E-state index contributed by atoms with van der Waals surface area (Å²) >= 11 is 0. The van der Waals surface area contributed by atoms with Crippen LogP contribution in [0.3, 0.4) is 0 Å². The molecule has 1 fully saturated rings. The summed E-state index contributed by atoms with van der Waals surface area (Å²) in [6.45, 7) is 0.790. The predicted molar refractivity (Wildman–Crippen MR) is 82.8 cm³/mol. The van der Waals surface area contributed by atoms with E-state index in [2.05, 4.69) is 0 Å². The highest BCUT2D eigenvalue weighted by atomic mass is 32.2. The van der Waals surface area contributed by atoms with E-state index in [1.165, 1.54) is 27.3 Å². The molecule has 1 aliphatic heterocycles. The van der Waals surface area contributed by atoms with E-state index in [0.717, 1.165) is 12.8 Å². The van der Waals surface area contributed by atoms with Crippen molar-refractivity contribution < 1.29 is 12.8 Å². The number of rotatable bonds is 4. The van der Waals surface area contributed by atoms with Gasteiger partial charge in [0.2, 0.25) is 0 Å². The van der Waals surface area contributed by atoms with Gasteiger partial charge in [-0.15, -0.1) is 0 Å². The van der Waals surface area contributed by atoms with Gasteiger partial charge >= 0.3 is 5.76 Å². The number of fused-ring (bicyclic) bond motifs is 1. The molecule has 1 atom stereocenters. The van der Waals surface area contributed by atoms with Crippen LogP contribution in [0.4, 0.5) is 0 Å². The van der Waals surface area contributed by atoms with Crippen molar-refractivity contribution in [2.45, 2.75) is 25.4 Å². The Bertz CT molecular complexity index is 837. The van der Waals surface area contributed by atoms with Gasteiger partial charge in [-0.25, -0.2) is 4.79 Å². The van der Waals surface area contributed by atoms with Gasteiger partial charge in [-0.1, -0.05) is 12.1 Å². The third-order valence-electron chi connectivity index (χ3n) is 4.05. The molecule has 8 heteroatoms. The van der Waals surface area contributed by atoms with Gasteiger partial charge in [0.05, 0.1) is 5.52 Å². The molecule has 3 rings (SSSR count). The van der Waals surface area contributed by atoms with Gasteiger partial charge in [0.25, 0.3) is 10.2 Å². The maximum Gasteiger partial charge on any atom is 0.420 e. The second kappa shape index (κ2) is 5.53. The van der Waals surface area contributed by atoms with Gasteiger partial charge in [0, 0.05) is 33.2 Å². The second-order valence-corrected chi connectivity index (χ2v) is 7.74. The predicted octanol–water partition coefficient (Wildman–Crippen LogP) is 0.865. The van der Waals surface area contributed by atoms with E-state index >= 15 is 0 Å². The van der Waals surface area contributed by atoms with E-state index in [0.29, 0.717) is 24.2 Å². The molecule has 0 aliphatic carbocycles. The zero-order valence-corrected chi connectivity index (χ0v) is 13.4. The van der Waals surface area contributed by atoms with E-state index in [9.17, 15) is 13.2 Å². The summed E-state index contributed by atoms with van der Waals surface area (Å²) in [5, 5.41) is 0. The van der Waals surface area contributed by atoms with E-state index in [1.807, 2.05) is 6.07 Å². The highest BCUT2D eigenvalue weighted by Gasteiger charge is 2.36. The smallest absolute Gasteiger partial charge is 0.408 e. The van der Waals surface area contributed by atoms with Crippen LogP contribution in [0.1, 0.15) is 12.8 Å².